The summed E-state index contributed by atoms with van der Waals surface area (Å²) in [6, 6.07) is 5.52. The quantitative estimate of drug-likeness (QED) is 0.830. The van der Waals surface area contributed by atoms with E-state index in [2.05, 4.69) is 26.6 Å². The highest BCUT2D eigenvalue weighted by molar-refractivity contribution is 9.10. The van der Waals surface area contributed by atoms with Crippen molar-refractivity contribution in [3.05, 3.63) is 33.8 Å². The van der Waals surface area contributed by atoms with Gasteiger partial charge in [0, 0.05) is 24.5 Å². The van der Waals surface area contributed by atoms with Crippen molar-refractivity contribution in [3.8, 4) is 0 Å². The van der Waals surface area contributed by atoms with E-state index in [1.807, 2.05) is 19.1 Å². The lowest BCUT2D eigenvalue weighted by molar-refractivity contribution is -0.118. The number of aryl methyl sites for hydroxylation is 1. The first kappa shape index (κ1) is 13.7. The fraction of sp³-hybridized carbons (Fsp3) is 0.333. The summed E-state index contributed by atoms with van der Waals surface area (Å²) in [5.41, 5.74) is 1.62. The van der Waals surface area contributed by atoms with Gasteiger partial charge in [0.25, 0.3) is 5.91 Å². The van der Waals surface area contributed by atoms with Gasteiger partial charge in [-0.2, -0.15) is 0 Å². The van der Waals surface area contributed by atoms with E-state index in [1.54, 1.807) is 6.07 Å². The first-order valence-corrected chi connectivity index (χ1v) is 6.09. The van der Waals surface area contributed by atoms with Crippen LogP contribution < -0.4 is 10.6 Å². The van der Waals surface area contributed by atoms with Gasteiger partial charge in [-0.25, -0.2) is 0 Å². The highest BCUT2D eigenvalue weighted by atomic mass is 79.9. The summed E-state index contributed by atoms with van der Waals surface area (Å²) >= 11 is 3.38. The van der Waals surface area contributed by atoms with Crippen LogP contribution in [0.1, 0.15) is 22.8 Å². The molecule has 5 heteroatoms. The largest absolute Gasteiger partial charge is 0.355 e. The van der Waals surface area contributed by atoms with Crippen molar-refractivity contribution in [3.63, 3.8) is 0 Å². The molecule has 2 amide bonds. The summed E-state index contributed by atoms with van der Waals surface area (Å²) in [5.74, 6) is -0.248. The molecule has 0 unspecified atom stereocenters. The van der Waals surface area contributed by atoms with Crippen molar-refractivity contribution in [2.45, 2.75) is 13.8 Å². The highest BCUT2D eigenvalue weighted by Crippen LogP contribution is 2.20. The molecular formula is C12H15BrN2O2. The van der Waals surface area contributed by atoms with E-state index in [1.165, 1.54) is 6.92 Å². The molecule has 2 N–H and O–H groups in total. The molecule has 0 spiro atoms. The Bertz CT molecular complexity index is 433. The third-order valence-corrected chi connectivity index (χ3v) is 3.27. The Morgan fingerprint density at radius 3 is 2.53 bits per heavy atom. The van der Waals surface area contributed by atoms with Crippen LogP contribution in [-0.2, 0) is 4.79 Å². The molecular weight excluding hydrogens is 284 g/mol. The van der Waals surface area contributed by atoms with E-state index in [0.29, 0.717) is 18.7 Å². The van der Waals surface area contributed by atoms with Crippen LogP contribution >= 0.6 is 15.9 Å². The Hall–Kier alpha value is -1.36. The maximum absolute atomic E-state index is 11.8. The van der Waals surface area contributed by atoms with E-state index in [-0.39, 0.29) is 11.8 Å². The van der Waals surface area contributed by atoms with Gasteiger partial charge in [-0.1, -0.05) is 12.1 Å². The molecule has 0 heterocycles. The fourth-order valence-corrected chi connectivity index (χ4v) is 1.78. The van der Waals surface area contributed by atoms with Crippen LogP contribution in [0, 0.1) is 6.92 Å². The predicted octanol–water partition coefficient (Wildman–Crippen LogP) is 1.62. The van der Waals surface area contributed by atoms with E-state index >= 15 is 0 Å². The Balaban J connectivity index is 2.53. The summed E-state index contributed by atoms with van der Waals surface area (Å²) < 4.78 is 0.803. The third-order valence-electron chi connectivity index (χ3n) is 2.22. The molecule has 0 aliphatic rings. The molecule has 0 atom stereocenters. The molecule has 0 aliphatic heterocycles. The normalized spacial score (nSPS) is 9.82. The SMILES string of the molecule is CC(=O)NCCNC(=O)c1cccc(C)c1Br. The number of rotatable bonds is 4. The zero-order valence-corrected chi connectivity index (χ0v) is 11.4. The molecule has 0 aromatic heterocycles. The van der Waals surface area contributed by atoms with Gasteiger partial charge in [0.05, 0.1) is 5.56 Å². The fourth-order valence-electron chi connectivity index (χ4n) is 1.33. The molecule has 1 aromatic rings. The summed E-state index contributed by atoms with van der Waals surface area (Å²) in [6.45, 7) is 4.22. The second-order valence-electron chi connectivity index (χ2n) is 3.68. The van der Waals surface area contributed by atoms with Gasteiger partial charge in [0.2, 0.25) is 5.91 Å². The van der Waals surface area contributed by atoms with E-state index < -0.39 is 0 Å². The van der Waals surface area contributed by atoms with E-state index in [0.717, 1.165) is 10.0 Å². The molecule has 0 bridgehead atoms. The molecule has 0 saturated heterocycles. The predicted molar refractivity (Wildman–Crippen MR) is 69.9 cm³/mol. The van der Waals surface area contributed by atoms with Crippen LogP contribution in [0.5, 0.6) is 0 Å². The average molecular weight is 299 g/mol. The van der Waals surface area contributed by atoms with E-state index in [9.17, 15) is 9.59 Å². The topological polar surface area (TPSA) is 58.2 Å². The van der Waals surface area contributed by atoms with Crippen LogP contribution in [0.2, 0.25) is 0 Å². The van der Waals surface area contributed by atoms with Gasteiger partial charge >= 0.3 is 0 Å². The van der Waals surface area contributed by atoms with Gasteiger partial charge in [0.15, 0.2) is 0 Å². The summed E-state index contributed by atoms with van der Waals surface area (Å²) in [4.78, 5) is 22.4. The molecule has 17 heavy (non-hydrogen) atoms. The van der Waals surface area contributed by atoms with E-state index in [4.69, 9.17) is 0 Å². The minimum atomic E-state index is -0.147. The lowest BCUT2D eigenvalue weighted by Crippen LogP contribution is -2.33. The van der Waals surface area contributed by atoms with Crippen molar-refractivity contribution in [1.29, 1.82) is 0 Å². The number of hydrogen-bond donors (Lipinski definition) is 2. The monoisotopic (exact) mass is 298 g/mol. The molecule has 92 valence electrons. The van der Waals surface area contributed by atoms with Crippen molar-refractivity contribution in [2.75, 3.05) is 13.1 Å². The zero-order chi connectivity index (χ0) is 12.8. The van der Waals surface area contributed by atoms with Crippen molar-refractivity contribution in [2.24, 2.45) is 0 Å². The molecule has 4 nitrogen and oxygen atoms in total. The lowest BCUT2D eigenvalue weighted by Gasteiger charge is -2.08. The van der Waals surface area contributed by atoms with Crippen LogP contribution in [0.3, 0.4) is 0 Å². The highest BCUT2D eigenvalue weighted by Gasteiger charge is 2.10. The standard InChI is InChI=1S/C12H15BrN2O2/c1-8-4-3-5-10(11(8)13)12(17)15-7-6-14-9(2)16/h3-5H,6-7H2,1-2H3,(H,14,16)(H,15,17). The van der Waals surface area contributed by atoms with Crippen molar-refractivity contribution < 1.29 is 9.59 Å². The number of halogens is 1. The summed E-state index contributed by atoms with van der Waals surface area (Å²) in [6.07, 6.45) is 0. The van der Waals surface area contributed by atoms with Crippen LogP contribution in [0.4, 0.5) is 0 Å². The number of carbonyl (C=O) groups excluding carboxylic acids is 2. The maximum atomic E-state index is 11.8. The maximum Gasteiger partial charge on any atom is 0.252 e. The Morgan fingerprint density at radius 1 is 1.24 bits per heavy atom. The summed E-state index contributed by atoms with van der Waals surface area (Å²) in [7, 11) is 0. The first-order chi connectivity index (χ1) is 8.02. The van der Waals surface area contributed by atoms with Crippen LogP contribution in [-0.4, -0.2) is 24.9 Å². The second kappa shape index (κ2) is 6.39. The van der Waals surface area contributed by atoms with Gasteiger partial charge < -0.3 is 10.6 Å². The van der Waals surface area contributed by atoms with Crippen molar-refractivity contribution in [1.82, 2.24) is 10.6 Å². The molecule has 1 rings (SSSR count). The molecule has 0 saturated carbocycles. The number of hydrogen-bond acceptors (Lipinski definition) is 2. The number of benzene rings is 1. The lowest BCUT2D eigenvalue weighted by atomic mass is 10.1. The number of nitrogens with one attached hydrogen (secondary N) is 2. The summed E-state index contributed by atoms with van der Waals surface area (Å²) in [5, 5.41) is 5.35. The minimum absolute atomic E-state index is 0.101. The van der Waals surface area contributed by atoms with Crippen molar-refractivity contribution >= 4 is 27.7 Å². The first-order valence-electron chi connectivity index (χ1n) is 5.30. The van der Waals surface area contributed by atoms with Gasteiger partial charge in [-0.3, -0.25) is 9.59 Å². The van der Waals surface area contributed by atoms with Gasteiger partial charge in [-0.15, -0.1) is 0 Å². The molecule has 0 radical (unpaired) electrons. The average Bonchev–Trinajstić information content (AvgIpc) is 2.27. The van der Waals surface area contributed by atoms with Gasteiger partial charge in [0.1, 0.15) is 0 Å². The number of amides is 2. The molecule has 1 aromatic carbocycles. The Labute approximate surface area is 109 Å². The van der Waals surface area contributed by atoms with Crippen LogP contribution in [0.25, 0.3) is 0 Å². The smallest absolute Gasteiger partial charge is 0.252 e. The molecule has 0 fully saturated rings. The Kier molecular flexibility index (Phi) is 5.15. The zero-order valence-electron chi connectivity index (χ0n) is 9.84. The third kappa shape index (κ3) is 4.19. The minimum Gasteiger partial charge on any atom is -0.355 e. The number of carbonyl (C=O) groups is 2. The Morgan fingerprint density at radius 2 is 1.88 bits per heavy atom. The van der Waals surface area contributed by atoms with Gasteiger partial charge in [-0.05, 0) is 34.5 Å². The second-order valence-corrected chi connectivity index (χ2v) is 4.47. The van der Waals surface area contributed by atoms with Crippen LogP contribution in [0.15, 0.2) is 22.7 Å². The molecule has 0 aliphatic carbocycles.